The third-order valence-electron chi connectivity index (χ3n) is 1.85. The highest BCUT2D eigenvalue weighted by molar-refractivity contribution is 4.82. The molecule has 1 fully saturated rings. The van der Waals surface area contributed by atoms with Gasteiger partial charge in [0.25, 0.3) is 0 Å². The second kappa shape index (κ2) is 3.30. The van der Waals surface area contributed by atoms with Gasteiger partial charge in [0.2, 0.25) is 0 Å². The van der Waals surface area contributed by atoms with Gasteiger partial charge in [-0.1, -0.05) is 0 Å². The van der Waals surface area contributed by atoms with E-state index in [1.165, 1.54) is 0 Å². The first-order valence-electron chi connectivity index (χ1n) is 3.33. The zero-order valence-corrected chi connectivity index (χ0v) is 6.41. The molecule has 1 heterocycles. The molecule has 0 unspecified atom stereocenters. The van der Waals surface area contributed by atoms with Crippen LogP contribution in [0.3, 0.4) is 0 Å². The number of methoxy groups -OCH3 is 2. The predicted octanol–water partition coefficient (Wildman–Crippen LogP) is -0.794. The molecule has 0 aromatic rings. The molecule has 60 valence electrons. The van der Waals surface area contributed by atoms with Crippen LogP contribution in [0.15, 0.2) is 0 Å². The second-order valence-electron chi connectivity index (χ2n) is 2.50. The summed E-state index contributed by atoms with van der Waals surface area (Å²) in [5.41, 5.74) is 0. The Hall–Kier alpha value is -0.160. The zero-order valence-electron chi connectivity index (χ0n) is 6.41. The van der Waals surface area contributed by atoms with E-state index in [-0.39, 0.29) is 12.2 Å². The van der Waals surface area contributed by atoms with Crippen LogP contribution in [0.1, 0.15) is 0 Å². The summed E-state index contributed by atoms with van der Waals surface area (Å²) < 4.78 is 10.3. The van der Waals surface area contributed by atoms with Crippen molar-refractivity contribution in [1.29, 1.82) is 0 Å². The quantitative estimate of drug-likeness (QED) is 0.518. The number of hydrazine groups is 1. The molecular formula is C6H14N2O2. The molecule has 0 radical (unpaired) electrons. The van der Waals surface area contributed by atoms with Crippen LogP contribution in [0.2, 0.25) is 0 Å². The molecule has 0 aromatic heterocycles. The van der Waals surface area contributed by atoms with E-state index in [4.69, 9.17) is 15.3 Å². The first-order chi connectivity index (χ1) is 4.77. The van der Waals surface area contributed by atoms with Crippen LogP contribution in [0.25, 0.3) is 0 Å². The molecule has 0 spiro atoms. The minimum atomic E-state index is 0.134. The van der Waals surface area contributed by atoms with Gasteiger partial charge in [0.1, 0.15) is 0 Å². The van der Waals surface area contributed by atoms with Crippen molar-refractivity contribution in [3.8, 4) is 0 Å². The molecule has 0 saturated carbocycles. The van der Waals surface area contributed by atoms with E-state index in [0.29, 0.717) is 0 Å². The lowest BCUT2D eigenvalue weighted by Crippen LogP contribution is -2.29. The van der Waals surface area contributed by atoms with Crippen molar-refractivity contribution in [2.75, 3.05) is 27.3 Å². The molecule has 0 bridgehead atoms. The summed E-state index contributed by atoms with van der Waals surface area (Å²) in [4.78, 5) is 0. The number of ether oxygens (including phenoxy) is 2. The van der Waals surface area contributed by atoms with Gasteiger partial charge in [-0.05, 0) is 0 Å². The molecule has 2 atom stereocenters. The maximum Gasteiger partial charge on any atom is 0.0986 e. The van der Waals surface area contributed by atoms with Crippen LogP contribution in [0.4, 0.5) is 0 Å². The second-order valence-corrected chi connectivity index (χ2v) is 2.50. The highest BCUT2D eigenvalue weighted by Gasteiger charge is 2.30. The maximum absolute atomic E-state index is 5.54. The number of nitrogens with two attached hydrogens (primary N) is 1. The summed E-state index contributed by atoms with van der Waals surface area (Å²) in [5, 5.41) is 1.71. The number of hydrogen-bond donors (Lipinski definition) is 1. The van der Waals surface area contributed by atoms with Gasteiger partial charge in [-0.15, -0.1) is 0 Å². The molecule has 2 N–H and O–H groups in total. The summed E-state index contributed by atoms with van der Waals surface area (Å²) in [6, 6.07) is 0. The van der Waals surface area contributed by atoms with Gasteiger partial charge >= 0.3 is 0 Å². The van der Waals surface area contributed by atoms with Crippen LogP contribution in [0, 0.1) is 0 Å². The largest absolute Gasteiger partial charge is 0.377 e. The molecule has 4 nitrogen and oxygen atoms in total. The summed E-state index contributed by atoms with van der Waals surface area (Å²) in [5.74, 6) is 5.54. The molecule has 1 aliphatic rings. The van der Waals surface area contributed by atoms with Gasteiger partial charge in [-0.2, -0.15) is 0 Å². The Labute approximate surface area is 60.9 Å². The fourth-order valence-electron chi connectivity index (χ4n) is 1.22. The Morgan fingerprint density at radius 1 is 1.20 bits per heavy atom. The summed E-state index contributed by atoms with van der Waals surface area (Å²) in [6.07, 6.45) is 0.269. The van der Waals surface area contributed by atoms with Crippen LogP contribution >= 0.6 is 0 Å². The van der Waals surface area contributed by atoms with Gasteiger partial charge in [0.15, 0.2) is 0 Å². The van der Waals surface area contributed by atoms with Crippen molar-refractivity contribution in [1.82, 2.24) is 5.01 Å². The molecule has 1 saturated heterocycles. The van der Waals surface area contributed by atoms with Gasteiger partial charge in [0, 0.05) is 27.3 Å². The third kappa shape index (κ3) is 1.46. The molecule has 10 heavy (non-hydrogen) atoms. The summed E-state index contributed by atoms with van der Waals surface area (Å²) in [7, 11) is 3.35. The summed E-state index contributed by atoms with van der Waals surface area (Å²) >= 11 is 0. The lowest BCUT2D eigenvalue weighted by Gasteiger charge is -2.13. The van der Waals surface area contributed by atoms with E-state index in [2.05, 4.69) is 0 Å². The first kappa shape index (κ1) is 7.94. The monoisotopic (exact) mass is 146 g/mol. The molecule has 4 heteroatoms. The van der Waals surface area contributed by atoms with Crippen LogP contribution < -0.4 is 5.84 Å². The van der Waals surface area contributed by atoms with Gasteiger partial charge in [-0.25, -0.2) is 5.01 Å². The molecule has 1 rings (SSSR count). The van der Waals surface area contributed by atoms with E-state index in [1.54, 1.807) is 19.2 Å². The SMILES string of the molecule is CO[C@H]1CN(N)C[C@@H]1OC. The molecular weight excluding hydrogens is 132 g/mol. The van der Waals surface area contributed by atoms with Crippen molar-refractivity contribution in [3.05, 3.63) is 0 Å². The van der Waals surface area contributed by atoms with Crippen LogP contribution in [-0.2, 0) is 9.47 Å². The molecule has 0 aromatic carbocycles. The van der Waals surface area contributed by atoms with Crippen molar-refractivity contribution in [2.24, 2.45) is 5.84 Å². The average molecular weight is 146 g/mol. The Kier molecular flexibility index (Phi) is 2.62. The van der Waals surface area contributed by atoms with Crippen molar-refractivity contribution < 1.29 is 9.47 Å². The predicted molar refractivity (Wildman–Crippen MR) is 37.4 cm³/mol. The van der Waals surface area contributed by atoms with Crippen LogP contribution in [0.5, 0.6) is 0 Å². The highest BCUT2D eigenvalue weighted by Crippen LogP contribution is 2.11. The number of hydrogen-bond acceptors (Lipinski definition) is 4. The van der Waals surface area contributed by atoms with Crippen LogP contribution in [-0.4, -0.2) is 44.5 Å². The normalized spacial score (nSPS) is 35.1. The van der Waals surface area contributed by atoms with Crippen molar-refractivity contribution in [2.45, 2.75) is 12.2 Å². The summed E-state index contributed by atoms with van der Waals surface area (Å²) in [6.45, 7) is 1.52. The molecule has 0 aliphatic carbocycles. The van der Waals surface area contributed by atoms with Crippen molar-refractivity contribution >= 4 is 0 Å². The smallest absolute Gasteiger partial charge is 0.0986 e. The Morgan fingerprint density at radius 3 is 1.90 bits per heavy atom. The first-order valence-corrected chi connectivity index (χ1v) is 3.33. The minimum Gasteiger partial charge on any atom is -0.377 e. The lowest BCUT2D eigenvalue weighted by atomic mass is 10.3. The fourth-order valence-corrected chi connectivity index (χ4v) is 1.22. The average Bonchev–Trinajstić information content (AvgIpc) is 2.30. The molecule has 1 aliphatic heterocycles. The van der Waals surface area contributed by atoms with E-state index >= 15 is 0 Å². The topological polar surface area (TPSA) is 47.7 Å². The Balaban J connectivity index is 2.41. The highest BCUT2D eigenvalue weighted by atomic mass is 16.5. The van der Waals surface area contributed by atoms with Gasteiger partial charge < -0.3 is 9.47 Å². The van der Waals surface area contributed by atoms with E-state index in [1.807, 2.05) is 0 Å². The minimum absolute atomic E-state index is 0.134. The fraction of sp³-hybridized carbons (Fsp3) is 1.00. The van der Waals surface area contributed by atoms with Crippen molar-refractivity contribution in [3.63, 3.8) is 0 Å². The Morgan fingerprint density at radius 2 is 1.60 bits per heavy atom. The standard InChI is InChI=1S/C6H14N2O2/c1-9-5-3-8(7)4-6(5)10-2/h5-6H,3-4,7H2,1-2H3/t5-,6-/m0/s1. The molecule has 0 amide bonds. The van der Waals surface area contributed by atoms with Gasteiger partial charge in [0.05, 0.1) is 12.2 Å². The number of rotatable bonds is 2. The van der Waals surface area contributed by atoms with E-state index in [0.717, 1.165) is 13.1 Å². The third-order valence-corrected chi connectivity index (χ3v) is 1.85. The zero-order chi connectivity index (χ0) is 7.56. The maximum atomic E-state index is 5.54. The Bertz CT molecular complexity index is 97.9. The number of nitrogens with zero attached hydrogens (tertiary/aromatic N) is 1. The lowest BCUT2D eigenvalue weighted by molar-refractivity contribution is -0.00461. The van der Waals surface area contributed by atoms with E-state index in [9.17, 15) is 0 Å². The van der Waals surface area contributed by atoms with E-state index < -0.39 is 0 Å². The van der Waals surface area contributed by atoms with Gasteiger partial charge in [-0.3, -0.25) is 5.84 Å².